The number of carbonyl (C=O) groups is 1. The first kappa shape index (κ1) is 19.0. The van der Waals surface area contributed by atoms with Crippen molar-refractivity contribution >= 4 is 21.6 Å². The second-order valence-electron chi connectivity index (χ2n) is 6.31. The van der Waals surface area contributed by atoms with Gasteiger partial charge in [-0.15, -0.1) is 0 Å². The average molecular weight is 390 g/mol. The summed E-state index contributed by atoms with van der Waals surface area (Å²) >= 11 is 0. The van der Waals surface area contributed by atoms with Crippen LogP contribution in [0.25, 0.3) is 0 Å². The summed E-state index contributed by atoms with van der Waals surface area (Å²) in [4.78, 5) is 12.6. The monoisotopic (exact) mass is 390 g/mol. The number of nitrogens with zero attached hydrogens (tertiary/aromatic N) is 1. The van der Waals surface area contributed by atoms with Crippen molar-refractivity contribution < 1.29 is 22.7 Å². The molecule has 3 rings (SSSR count). The maximum Gasteiger partial charge on any atom is 0.243 e. The Balaban J connectivity index is 1.65. The molecule has 1 heterocycles. The van der Waals surface area contributed by atoms with Crippen LogP contribution in [0.2, 0.25) is 0 Å². The van der Waals surface area contributed by atoms with E-state index in [0.717, 1.165) is 10.6 Å². The van der Waals surface area contributed by atoms with E-state index >= 15 is 0 Å². The molecule has 1 aliphatic rings. The van der Waals surface area contributed by atoms with E-state index in [-0.39, 0.29) is 12.6 Å². The molecule has 1 amide bonds. The molecule has 1 aliphatic heterocycles. The summed E-state index contributed by atoms with van der Waals surface area (Å²) in [6, 6.07) is 14.9. The van der Waals surface area contributed by atoms with Crippen LogP contribution >= 0.6 is 0 Å². The molecule has 0 aromatic heterocycles. The average Bonchev–Trinajstić information content (AvgIpc) is 2.65. The molecule has 0 bridgehead atoms. The van der Waals surface area contributed by atoms with Gasteiger partial charge in [0.1, 0.15) is 18.8 Å². The van der Waals surface area contributed by atoms with E-state index in [1.54, 1.807) is 43.3 Å². The second kappa shape index (κ2) is 7.87. The van der Waals surface area contributed by atoms with Gasteiger partial charge in [-0.3, -0.25) is 9.10 Å². The maximum absolute atomic E-state index is 12.6. The number of anilines is 1. The van der Waals surface area contributed by atoms with Gasteiger partial charge < -0.3 is 14.8 Å². The van der Waals surface area contributed by atoms with Gasteiger partial charge in [-0.1, -0.05) is 30.3 Å². The quantitative estimate of drug-likeness (QED) is 0.813. The number of sulfonamides is 1. The van der Waals surface area contributed by atoms with E-state index in [1.165, 1.54) is 0 Å². The zero-order valence-electron chi connectivity index (χ0n) is 15.2. The highest BCUT2D eigenvalue weighted by atomic mass is 32.2. The summed E-state index contributed by atoms with van der Waals surface area (Å²) in [5, 5.41) is 2.76. The van der Waals surface area contributed by atoms with E-state index in [4.69, 9.17) is 9.47 Å². The lowest BCUT2D eigenvalue weighted by Crippen LogP contribution is -2.50. The molecule has 27 heavy (non-hydrogen) atoms. The number of nitrogens with one attached hydrogen (secondary N) is 1. The van der Waals surface area contributed by atoms with Crippen LogP contribution in [0.3, 0.4) is 0 Å². The van der Waals surface area contributed by atoms with E-state index in [9.17, 15) is 13.2 Å². The highest BCUT2D eigenvalue weighted by molar-refractivity contribution is 7.92. The Morgan fingerprint density at radius 1 is 1.15 bits per heavy atom. The zero-order valence-corrected chi connectivity index (χ0v) is 16.0. The van der Waals surface area contributed by atoms with Crippen molar-refractivity contribution in [1.82, 2.24) is 5.32 Å². The fourth-order valence-electron chi connectivity index (χ4n) is 2.91. The van der Waals surface area contributed by atoms with Gasteiger partial charge >= 0.3 is 0 Å². The number of carbonyl (C=O) groups excluding carboxylic acids is 1. The molecule has 0 saturated carbocycles. The highest BCUT2D eigenvalue weighted by Crippen LogP contribution is 2.30. The highest BCUT2D eigenvalue weighted by Gasteiger charge is 2.30. The third kappa shape index (κ3) is 4.51. The molecule has 0 fully saturated rings. The molecule has 1 N–H and O–H groups in total. The summed E-state index contributed by atoms with van der Waals surface area (Å²) in [5.74, 6) is 0.880. The van der Waals surface area contributed by atoms with Crippen molar-refractivity contribution in [2.24, 2.45) is 0 Å². The number of rotatable bonds is 6. The van der Waals surface area contributed by atoms with Crippen molar-refractivity contribution in [1.29, 1.82) is 0 Å². The lowest BCUT2D eigenvalue weighted by atomic mass is 10.2. The lowest BCUT2D eigenvalue weighted by molar-refractivity contribution is -0.122. The number of ether oxygens (including phenoxy) is 2. The second-order valence-corrected chi connectivity index (χ2v) is 8.17. The zero-order chi connectivity index (χ0) is 19.4. The van der Waals surface area contributed by atoms with Crippen LogP contribution < -0.4 is 19.1 Å². The molecular formula is C19H22N2O5S. The van der Waals surface area contributed by atoms with Crippen LogP contribution in [0, 0.1) is 0 Å². The lowest BCUT2D eigenvalue weighted by Gasteiger charge is -2.30. The Labute approximate surface area is 158 Å². The molecule has 2 atom stereocenters. The molecule has 2 aromatic rings. The molecule has 0 saturated heterocycles. The van der Waals surface area contributed by atoms with Crippen LogP contribution in [-0.4, -0.2) is 45.9 Å². The molecule has 0 aliphatic carbocycles. The first-order chi connectivity index (χ1) is 12.9. The standard InChI is InChI=1S/C19H22N2O5S/c1-14(21(27(2,23)24)15-8-4-3-5-9-15)19(22)20-12-16-13-25-17-10-6-7-11-18(17)26-16/h3-11,14,16H,12-13H2,1-2H3,(H,20,22)/t14-,16+/m0/s1. The Morgan fingerprint density at radius 3 is 2.44 bits per heavy atom. The van der Waals surface area contributed by atoms with Crippen LogP contribution in [-0.2, 0) is 14.8 Å². The van der Waals surface area contributed by atoms with Crippen molar-refractivity contribution in [2.75, 3.05) is 23.7 Å². The van der Waals surface area contributed by atoms with Crippen LogP contribution in [0.15, 0.2) is 54.6 Å². The fourth-order valence-corrected chi connectivity index (χ4v) is 4.08. The van der Waals surface area contributed by atoms with E-state index < -0.39 is 22.0 Å². The summed E-state index contributed by atoms with van der Waals surface area (Å²) in [6.07, 6.45) is 0.734. The first-order valence-electron chi connectivity index (χ1n) is 8.57. The Kier molecular flexibility index (Phi) is 5.55. The normalized spacial score (nSPS) is 17.0. The van der Waals surface area contributed by atoms with Crippen LogP contribution in [0.1, 0.15) is 6.92 Å². The summed E-state index contributed by atoms with van der Waals surface area (Å²) in [5.41, 5.74) is 0.439. The molecule has 144 valence electrons. The van der Waals surface area contributed by atoms with Gasteiger partial charge in [-0.2, -0.15) is 0 Å². The summed E-state index contributed by atoms with van der Waals surface area (Å²) in [7, 11) is -3.63. The van der Waals surface area contributed by atoms with Crippen molar-refractivity contribution in [3.05, 3.63) is 54.6 Å². The largest absolute Gasteiger partial charge is 0.486 e. The van der Waals surface area contributed by atoms with Crippen LogP contribution in [0.5, 0.6) is 11.5 Å². The predicted octanol–water partition coefficient (Wildman–Crippen LogP) is 1.80. The van der Waals surface area contributed by atoms with Crippen LogP contribution in [0.4, 0.5) is 5.69 Å². The Morgan fingerprint density at radius 2 is 1.78 bits per heavy atom. The fraction of sp³-hybridized carbons (Fsp3) is 0.316. The van der Waals surface area contributed by atoms with Gasteiger partial charge in [0.2, 0.25) is 15.9 Å². The topological polar surface area (TPSA) is 84.9 Å². The number of hydrogen-bond acceptors (Lipinski definition) is 5. The number of para-hydroxylation sites is 3. The minimum absolute atomic E-state index is 0.212. The van der Waals surface area contributed by atoms with Crippen molar-refractivity contribution in [2.45, 2.75) is 19.1 Å². The predicted molar refractivity (Wildman–Crippen MR) is 103 cm³/mol. The minimum Gasteiger partial charge on any atom is -0.486 e. The molecule has 8 heteroatoms. The maximum atomic E-state index is 12.6. The molecular weight excluding hydrogens is 368 g/mol. The third-order valence-electron chi connectivity index (χ3n) is 4.17. The molecule has 7 nitrogen and oxygen atoms in total. The summed E-state index contributed by atoms with van der Waals surface area (Å²) < 4.78 is 37.0. The first-order valence-corrected chi connectivity index (χ1v) is 10.4. The van der Waals surface area contributed by atoms with E-state index in [1.807, 2.05) is 18.2 Å². The van der Waals surface area contributed by atoms with Gasteiger partial charge in [0.25, 0.3) is 0 Å². The molecule has 0 spiro atoms. The number of amides is 1. The smallest absolute Gasteiger partial charge is 0.243 e. The number of benzene rings is 2. The van der Waals surface area contributed by atoms with Crippen molar-refractivity contribution in [3.8, 4) is 11.5 Å². The molecule has 0 unspecified atom stereocenters. The van der Waals surface area contributed by atoms with E-state index in [0.29, 0.717) is 23.8 Å². The Hall–Kier alpha value is -2.74. The third-order valence-corrected chi connectivity index (χ3v) is 5.41. The summed E-state index contributed by atoms with van der Waals surface area (Å²) in [6.45, 7) is 2.07. The van der Waals surface area contributed by atoms with Gasteiger partial charge in [0.05, 0.1) is 18.5 Å². The number of hydrogen-bond donors (Lipinski definition) is 1. The van der Waals surface area contributed by atoms with Gasteiger partial charge in [0, 0.05) is 0 Å². The molecule has 2 aromatic carbocycles. The number of fused-ring (bicyclic) bond motifs is 1. The van der Waals surface area contributed by atoms with E-state index in [2.05, 4.69) is 5.32 Å². The van der Waals surface area contributed by atoms with Gasteiger partial charge in [-0.05, 0) is 31.2 Å². The van der Waals surface area contributed by atoms with Gasteiger partial charge in [-0.25, -0.2) is 8.42 Å². The SMILES string of the molecule is C[C@@H](C(=O)NC[C@@H]1COc2ccccc2O1)N(c1ccccc1)S(C)(=O)=O. The minimum atomic E-state index is -3.63. The molecule has 0 radical (unpaired) electrons. The van der Waals surface area contributed by atoms with Gasteiger partial charge in [0.15, 0.2) is 11.5 Å². The van der Waals surface area contributed by atoms with Crippen molar-refractivity contribution in [3.63, 3.8) is 0 Å². The Bertz CT molecular complexity index is 901.